The number of anilines is 2. The summed E-state index contributed by atoms with van der Waals surface area (Å²) in [5.41, 5.74) is 0.185. The highest BCUT2D eigenvalue weighted by Crippen LogP contribution is 2.30. The Morgan fingerprint density at radius 1 is 1.30 bits per heavy atom. The van der Waals surface area contributed by atoms with Crippen molar-refractivity contribution in [2.24, 2.45) is 0 Å². The van der Waals surface area contributed by atoms with E-state index in [1.54, 1.807) is 37.4 Å². The van der Waals surface area contributed by atoms with Gasteiger partial charge in [-0.05, 0) is 32.0 Å². The first-order chi connectivity index (χ1) is 9.29. The minimum Gasteiger partial charge on any atom is -0.481 e. The first kappa shape index (κ1) is 15.1. The molecule has 0 amide bonds. The van der Waals surface area contributed by atoms with Crippen LogP contribution in [0.4, 0.5) is 10.8 Å². The molecule has 106 valence electrons. The molecule has 0 unspecified atom stereocenters. The van der Waals surface area contributed by atoms with E-state index in [4.69, 9.17) is 23.2 Å². The zero-order valence-electron chi connectivity index (χ0n) is 10.8. The summed E-state index contributed by atoms with van der Waals surface area (Å²) in [4.78, 5) is 15.5. The van der Waals surface area contributed by atoms with Gasteiger partial charge >= 0.3 is 5.97 Å². The van der Waals surface area contributed by atoms with Gasteiger partial charge in [0.25, 0.3) is 0 Å². The number of halogens is 2. The normalized spacial score (nSPS) is 11.4. The molecule has 1 heterocycles. The lowest BCUT2D eigenvalue weighted by molar-refractivity contribution is -0.142. The maximum atomic E-state index is 11.2. The molecule has 7 heteroatoms. The monoisotopic (exact) mass is 330 g/mol. The molecule has 0 saturated heterocycles. The maximum absolute atomic E-state index is 11.2. The molecule has 0 radical (unpaired) electrons. The van der Waals surface area contributed by atoms with Gasteiger partial charge < -0.3 is 10.4 Å². The minimum absolute atomic E-state index is 0.505. The van der Waals surface area contributed by atoms with Crippen molar-refractivity contribution < 1.29 is 9.90 Å². The van der Waals surface area contributed by atoms with E-state index in [9.17, 15) is 9.90 Å². The minimum atomic E-state index is -1.03. The molecule has 2 N–H and O–H groups in total. The highest BCUT2D eigenvalue weighted by atomic mass is 35.5. The molecule has 2 rings (SSSR count). The predicted octanol–water partition coefficient (Wildman–Crippen LogP) is 4.56. The quantitative estimate of drug-likeness (QED) is 0.862. The Balaban J connectivity index is 2.24. The molecule has 2 aromatic rings. The molecule has 0 bridgehead atoms. The fourth-order valence-corrected chi connectivity index (χ4v) is 2.90. The number of aliphatic carboxylic acids is 1. The van der Waals surface area contributed by atoms with E-state index >= 15 is 0 Å². The average molecular weight is 331 g/mol. The van der Waals surface area contributed by atoms with Gasteiger partial charge in [0.15, 0.2) is 5.13 Å². The van der Waals surface area contributed by atoms with E-state index < -0.39 is 11.4 Å². The molecule has 0 aliphatic heterocycles. The molecule has 0 aliphatic rings. The Morgan fingerprint density at radius 2 is 1.90 bits per heavy atom. The number of rotatable bonds is 4. The van der Waals surface area contributed by atoms with Crippen LogP contribution in [-0.4, -0.2) is 16.1 Å². The molecule has 0 fully saturated rings. The van der Waals surface area contributed by atoms with Crippen LogP contribution in [0.3, 0.4) is 0 Å². The molecule has 0 atom stereocenters. The van der Waals surface area contributed by atoms with Crippen LogP contribution in [0.1, 0.15) is 19.5 Å². The largest absolute Gasteiger partial charge is 0.481 e. The van der Waals surface area contributed by atoms with Crippen LogP contribution in [-0.2, 0) is 10.2 Å². The van der Waals surface area contributed by atoms with E-state index in [1.165, 1.54) is 11.3 Å². The zero-order chi connectivity index (χ0) is 14.9. The molecular weight excluding hydrogens is 319 g/mol. The molecule has 4 nitrogen and oxygen atoms in total. The van der Waals surface area contributed by atoms with Gasteiger partial charge in [-0.3, -0.25) is 4.79 Å². The Bertz CT molecular complexity index is 635. The van der Waals surface area contributed by atoms with E-state index in [1.807, 2.05) is 0 Å². The van der Waals surface area contributed by atoms with Crippen molar-refractivity contribution in [2.45, 2.75) is 19.3 Å². The predicted molar refractivity (Wildman–Crippen MR) is 82.5 cm³/mol. The molecule has 20 heavy (non-hydrogen) atoms. The molecule has 1 aromatic carbocycles. The summed E-state index contributed by atoms with van der Waals surface area (Å²) in [6.45, 7) is 3.23. The summed E-state index contributed by atoms with van der Waals surface area (Å²) >= 11 is 13.2. The van der Waals surface area contributed by atoms with E-state index in [0.717, 1.165) is 0 Å². The Labute approximate surface area is 130 Å². The van der Waals surface area contributed by atoms with Gasteiger partial charge in [-0.2, -0.15) is 0 Å². The van der Waals surface area contributed by atoms with E-state index in [-0.39, 0.29) is 0 Å². The maximum Gasteiger partial charge on any atom is 0.315 e. The fourth-order valence-electron chi connectivity index (χ4n) is 1.48. The van der Waals surface area contributed by atoms with Crippen LogP contribution in [0.2, 0.25) is 10.0 Å². The SMILES string of the molecule is CC(C)(C(=O)O)c1csc(Nc2cc(Cl)cc(Cl)c2)n1. The van der Waals surface area contributed by atoms with Gasteiger partial charge in [-0.1, -0.05) is 23.2 Å². The highest BCUT2D eigenvalue weighted by Gasteiger charge is 2.32. The standard InChI is InChI=1S/C13H12Cl2N2O2S/c1-13(2,11(18)19)10-6-20-12(17-10)16-9-4-7(14)3-8(15)5-9/h3-6H,1-2H3,(H,16,17)(H,18,19). The molecule has 0 saturated carbocycles. The van der Waals surface area contributed by atoms with Gasteiger partial charge in [-0.25, -0.2) is 4.98 Å². The van der Waals surface area contributed by atoms with Crippen molar-refractivity contribution in [2.75, 3.05) is 5.32 Å². The number of hydrogen-bond acceptors (Lipinski definition) is 4. The lowest BCUT2D eigenvalue weighted by atomic mass is 9.90. The third-order valence-electron chi connectivity index (χ3n) is 2.79. The first-order valence-corrected chi connectivity index (χ1v) is 7.35. The first-order valence-electron chi connectivity index (χ1n) is 5.71. The van der Waals surface area contributed by atoms with Crippen molar-refractivity contribution in [1.29, 1.82) is 0 Å². The molecule has 0 aliphatic carbocycles. The summed E-state index contributed by atoms with van der Waals surface area (Å²) in [5.74, 6) is -0.917. The number of nitrogens with one attached hydrogen (secondary N) is 1. The van der Waals surface area contributed by atoms with E-state index in [2.05, 4.69) is 10.3 Å². The van der Waals surface area contributed by atoms with Crippen LogP contribution in [0.15, 0.2) is 23.6 Å². The van der Waals surface area contributed by atoms with Crippen LogP contribution in [0.5, 0.6) is 0 Å². The second kappa shape index (κ2) is 5.60. The lowest BCUT2D eigenvalue weighted by Crippen LogP contribution is -2.28. The summed E-state index contributed by atoms with van der Waals surface area (Å²) in [5, 5.41) is 15.6. The van der Waals surface area contributed by atoms with Gasteiger partial charge in [0.2, 0.25) is 0 Å². The number of nitrogens with zero attached hydrogens (tertiary/aromatic N) is 1. The van der Waals surface area contributed by atoms with Gasteiger partial charge in [0, 0.05) is 21.1 Å². The third kappa shape index (κ3) is 3.23. The Kier molecular flexibility index (Phi) is 4.22. The number of thiazole rings is 1. The number of benzene rings is 1. The highest BCUT2D eigenvalue weighted by molar-refractivity contribution is 7.13. The third-order valence-corrected chi connectivity index (χ3v) is 3.99. The van der Waals surface area contributed by atoms with Crippen molar-refractivity contribution in [3.63, 3.8) is 0 Å². The Morgan fingerprint density at radius 3 is 2.45 bits per heavy atom. The molecular formula is C13H12Cl2N2O2S. The average Bonchev–Trinajstić information content (AvgIpc) is 2.76. The van der Waals surface area contributed by atoms with Crippen molar-refractivity contribution >= 4 is 51.3 Å². The van der Waals surface area contributed by atoms with E-state index in [0.29, 0.717) is 26.6 Å². The molecule has 0 spiro atoms. The summed E-state index contributed by atoms with van der Waals surface area (Å²) in [7, 11) is 0. The number of carbonyl (C=O) groups is 1. The zero-order valence-corrected chi connectivity index (χ0v) is 13.1. The van der Waals surface area contributed by atoms with Crippen LogP contribution < -0.4 is 5.32 Å². The van der Waals surface area contributed by atoms with Gasteiger partial charge in [0.05, 0.1) is 5.69 Å². The van der Waals surface area contributed by atoms with Crippen molar-refractivity contribution in [1.82, 2.24) is 4.98 Å². The smallest absolute Gasteiger partial charge is 0.315 e. The topological polar surface area (TPSA) is 62.2 Å². The number of carboxylic acid groups (broad SMARTS) is 1. The van der Waals surface area contributed by atoms with Gasteiger partial charge in [0.1, 0.15) is 5.41 Å². The Hall–Kier alpha value is -1.30. The van der Waals surface area contributed by atoms with Gasteiger partial charge in [-0.15, -0.1) is 11.3 Å². The second-order valence-corrected chi connectivity index (χ2v) is 6.48. The summed E-state index contributed by atoms with van der Waals surface area (Å²) in [6, 6.07) is 5.07. The lowest BCUT2D eigenvalue weighted by Gasteiger charge is -2.15. The molecule has 1 aromatic heterocycles. The van der Waals surface area contributed by atoms with Crippen LogP contribution in [0, 0.1) is 0 Å². The fraction of sp³-hybridized carbons (Fsp3) is 0.231. The number of hydrogen-bond donors (Lipinski definition) is 2. The summed E-state index contributed by atoms with van der Waals surface area (Å²) < 4.78 is 0. The second-order valence-electron chi connectivity index (χ2n) is 4.75. The van der Waals surface area contributed by atoms with Crippen LogP contribution in [0.25, 0.3) is 0 Å². The summed E-state index contributed by atoms with van der Waals surface area (Å²) in [6.07, 6.45) is 0. The number of aromatic nitrogens is 1. The van der Waals surface area contributed by atoms with Crippen LogP contribution >= 0.6 is 34.5 Å². The van der Waals surface area contributed by atoms with Crippen molar-refractivity contribution in [3.8, 4) is 0 Å². The number of carboxylic acids is 1. The van der Waals surface area contributed by atoms with Crippen molar-refractivity contribution in [3.05, 3.63) is 39.3 Å².